The Bertz CT molecular complexity index is 1270. The number of carbonyl (C=O) groups is 2. The highest BCUT2D eigenvalue weighted by Gasteiger charge is 2.29. The maximum atomic E-state index is 13.4. The number of hydrogen-bond acceptors (Lipinski definition) is 6. The minimum absolute atomic E-state index is 0.00798. The third-order valence-electron chi connectivity index (χ3n) is 5.66. The van der Waals surface area contributed by atoms with Crippen LogP contribution < -0.4 is 0 Å². The fourth-order valence-corrected chi connectivity index (χ4v) is 4.76. The van der Waals surface area contributed by atoms with Crippen molar-refractivity contribution in [1.82, 2.24) is 19.8 Å². The van der Waals surface area contributed by atoms with Gasteiger partial charge >= 0.3 is 0 Å². The number of fused-ring (bicyclic) bond motifs is 1. The van der Waals surface area contributed by atoms with Gasteiger partial charge in [-0.1, -0.05) is 48.2 Å². The Morgan fingerprint density at radius 3 is 2.18 bits per heavy atom. The molecular formula is C25H22N4O3S. The van der Waals surface area contributed by atoms with Crippen LogP contribution >= 0.6 is 11.8 Å². The Labute approximate surface area is 195 Å². The van der Waals surface area contributed by atoms with Crippen molar-refractivity contribution in [3.05, 3.63) is 89.9 Å². The van der Waals surface area contributed by atoms with E-state index in [1.807, 2.05) is 54.6 Å². The second-order valence-corrected chi connectivity index (χ2v) is 8.62. The molecule has 0 spiro atoms. The summed E-state index contributed by atoms with van der Waals surface area (Å²) in [7, 11) is 0. The average molecular weight is 459 g/mol. The van der Waals surface area contributed by atoms with E-state index in [-0.39, 0.29) is 11.8 Å². The SMILES string of the molecule is O=C(c1ccccc1)N1CCN(C(=O)c2oc3ccccc3c2CSc2ncccn2)CC1. The quantitative estimate of drug-likeness (QED) is 0.331. The number of rotatable bonds is 5. The van der Waals surface area contributed by atoms with E-state index < -0.39 is 0 Å². The lowest BCUT2D eigenvalue weighted by molar-refractivity contribution is 0.0519. The van der Waals surface area contributed by atoms with Crippen LogP contribution in [0.25, 0.3) is 11.0 Å². The minimum Gasteiger partial charge on any atom is -0.451 e. The lowest BCUT2D eigenvalue weighted by Gasteiger charge is -2.34. The molecule has 0 N–H and O–H groups in total. The molecule has 0 unspecified atom stereocenters. The number of hydrogen-bond donors (Lipinski definition) is 0. The third kappa shape index (κ3) is 4.47. The van der Waals surface area contributed by atoms with Crippen LogP contribution in [0.5, 0.6) is 0 Å². The summed E-state index contributed by atoms with van der Waals surface area (Å²) in [4.78, 5) is 38.2. The van der Waals surface area contributed by atoms with E-state index in [1.165, 1.54) is 11.8 Å². The third-order valence-corrected chi connectivity index (χ3v) is 6.56. The molecule has 7 nitrogen and oxygen atoms in total. The summed E-state index contributed by atoms with van der Waals surface area (Å²) in [6, 6.07) is 18.7. The topological polar surface area (TPSA) is 79.5 Å². The highest BCUT2D eigenvalue weighted by molar-refractivity contribution is 7.98. The van der Waals surface area contributed by atoms with Gasteiger partial charge in [-0.3, -0.25) is 9.59 Å². The summed E-state index contributed by atoms with van der Waals surface area (Å²) in [5.74, 6) is 0.714. The molecular weight excluding hydrogens is 436 g/mol. The number of para-hydroxylation sites is 1. The molecule has 3 heterocycles. The van der Waals surface area contributed by atoms with Crippen LogP contribution in [0.3, 0.4) is 0 Å². The number of aromatic nitrogens is 2. The smallest absolute Gasteiger partial charge is 0.290 e. The molecule has 4 aromatic rings. The molecule has 0 saturated carbocycles. The molecule has 0 radical (unpaired) electrons. The normalized spacial score (nSPS) is 13.9. The Morgan fingerprint density at radius 2 is 1.45 bits per heavy atom. The monoisotopic (exact) mass is 458 g/mol. The molecule has 2 aromatic carbocycles. The largest absolute Gasteiger partial charge is 0.451 e. The average Bonchev–Trinajstić information content (AvgIpc) is 3.26. The lowest BCUT2D eigenvalue weighted by Crippen LogP contribution is -2.50. The second-order valence-electron chi connectivity index (χ2n) is 7.68. The van der Waals surface area contributed by atoms with Crippen LogP contribution in [0.15, 0.2) is 82.6 Å². The zero-order valence-electron chi connectivity index (χ0n) is 17.9. The van der Waals surface area contributed by atoms with Crippen molar-refractivity contribution in [3.63, 3.8) is 0 Å². The number of thioether (sulfide) groups is 1. The van der Waals surface area contributed by atoms with Crippen molar-refractivity contribution >= 4 is 34.5 Å². The molecule has 166 valence electrons. The van der Waals surface area contributed by atoms with E-state index in [9.17, 15) is 9.59 Å². The summed E-state index contributed by atoms with van der Waals surface area (Å²) >= 11 is 1.47. The molecule has 2 amide bonds. The minimum atomic E-state index is -0.150. The van der Waals surface area contributed by atoms with E-state index in [0.29, 0.717) is 54.0 Å². The Balaban J connectivity index is 1.33. The lowest BCUT2D eigenvalue weighted by atomic mass is 10.1. The first kappa shape index (κ1) is 21.2. The van der Waals surface area contributed by atoms with Crippen molar-refractivity contribution in [2.24, 2.45) is 0 Å². The van der Waals surface area contributed by atoms with Gasteiger partial charge in [0.2, 0.25) is 0 Å². The standard InChI is InChI=1S/C25H22N4O3S/c30-23(18-7-2-1-3-8-18)28-13-15-29(16-14-28)24(31)22-20(17-33-25-26-11-6-12-27-25)19-9-4-5-10-21(19)32-22/h1-12H,13-17H2. The summed E-state index contributed by atoms with van der Waals surface area (Å²) in [5, 5.41) is 1.57. The first-order valence-corrected chi connectivity index (χ1v) is 11.7. The highest BCUT2D eigenvalue weighted by Crippen LogP contribution is 2.32. The number of nitrogens with zero attached hydrogens (tertiary/aromatic N) is 4. The molecule has 8 heteroatoms. The zero-order valence-corrected chi connectivity index (χ0v) is 18.7. The molecule has 33 heavy (non-hydrogen) atoms. The fraction of sp³-hybridized carbons (Fsp3) is 0.200. The molecule has 1 saturated heterocycles. The molecule has 2 aromatic heterocycles. The molecule has 0 atom stereocenters. The van der Waals surface area contributed by atoms with Crippen molar-refractivity contribution in [2.75, 3.05) is 26.2 Å². The first-order chi connectivity index (χ1) is 16.2. The number of carbonyl (C=O) groups excluding carboxylic acids is 2. The van der Waals surface area contributed by atoms with E-state index in [0.717, 1.165) is 10.9 Å². The van der Waals surface area contributed by atoms with Crippen LogP contribution in [0, 0.1) is 0 Å². The molecule has 1 aliphatic rings. The molecule has 1 fully saturated rings. The predicted octanol–water partition coefficient (Wildman–Crippen LogP) is 4.11. The van der Waals surface area contributed by atoms with Crippen LogP contribution in [0.1, 0.15) is 26.5 Å². The molecule has 1 aliphatic heterocycles. The number of furan rings is 1. The second kappa shape index (κ2) is 9.46. The summed E-state index contributed by atoms with van der Waals surface area (Å²) in [6.45, 7) is 1.90. The van der Waals surface area contributed by atoms with E-state index in [1.54, 1.807) is 28.3 Å². The van der Waals surface area contributed by atoms with Gasteiger partial charge in [-0.05, 0) is 24.3 Å². The fourth-order valence-electron chi connectivity index (χ4n) is 3.93. The van der Waals surface area contributed by atoms with Gasteiger partial charge in [0.25, 0.3) is 11.8 Å². The summed E-state index contributed by atoms with van der Waals surface area (Å²) in [6.07, 6.45) is 3.40. The molecule has 0 aliphatic carbocycles. The van der Waals surface area contributed by atoms with Gasteiger partial charge in [0.1, 0.15) is 5.58 Å². The van der Waals surface area contributed by atoms with E-state index >= 15 is 0 Å². The van der Waals surface area contributed by atoms with Gasteiger partial charge in [-0.25, -0.2) is 9.97 Å². The van der Waals surface area contributed by atoms with Gasteiger partial charge in [0.05, 0.1) is 0 Å². The van der Waals surface area contributed by atoms with Crippen LogP contribution in [0.4, 0.5) is 0 Å². The van der Waals surface area contributed by atoms with Crippen LogP contribution in [-0.4, -0.2) is 57.8 Å². The summed E-state index contributed by atoms with van der Waals surface area (Å²) in [5.41, 5.74) is 2.19. The van der Waals surface area contributed by atoms with Crippen LogP contribution in [0.2, 0.25) is 0 Å². The maximum absolute atomic E-state index is 13.4. The first-order valence-electron chi connectivity index (χ1n) is 10.7. The van der Waals surface area contributed by atoms with Gasteiger partial charge in [0, 0.05) is 60.8 Å². The Hall–Kier alpha value is -3.65. The predicted molar refractivity (Wildman–Crippen MR) is 126 cm³/mol. The van der Waals surface area contributed by atoms with Gasteiger partial charge < -0.3 is 14.2 Å². The van der Waals surface area contributed by atoms with Crippen molar-refractivity contribution < 1.29 is 14.0 Å². The number of amides is 2. The van der Waals surface area contributed by atoms with Crippen molar-refractivity contribution in [2.45, 2.75) is 10.9 Å². The van der Waals surface area contributed by atoms with Crippen molar-refractivity contribution in [1.29, 1.82) is 0 Å². The summed E-state index contributed by atoms with van der Waals surface area (Å²) < 4.78 is 6.02. The van der Waals surface area contributed by atoms with Gasteiger partial charge in [-0.15, -0.1) is 0 Å². The number of benzene rings is 2. The number of piperazine rings is 1. The van der Waals surface area contributed by atoms with E-state index in [2.05, 4.69) is 9.97 Å². The highest BCUT2D eigenvalue weighted by atomic mass is 32.2. The molecule has 0 bridgehead atoms. The maximum Gasteiger partial charge on any atom is 0.290 e. The van der Waals surface area contributed by atoms with Gasteiger partial charge in [0.15, 0.2) is 10.9 Å². The Morgan fingerprint density at radius 1 is 0.818 bits per heavy atom. The Kier molecular flexibility index (Phi) is 6.08. The van der Waals surface area contributed by atoms with Crippen molar-refractivity contribution in [3.8, 4) is 0 Å². The van der Waals surface area contributed by atoms with Gasteiger partial charge in [-0.2, -0.15) is 0 Å². The zero-order chi connectivity index (χ0) is 22.6. The molecule has 5 rings (SSSR count). The van der Waals surface area contributed by atoms with E-state index in [4.69, 9.17) is 4.42 Å². The van der Waals surface area contributed by atoms with Crippen LogP contribution in [-0.2, 0) is 5.75 Å².